The molecule has 35 heavy (non-hydrogen) atoms. The number of carbonyl (C=O) groups excluding carboxylic acids is 1. The molecule has 1 N–H and O–H groups in total. The molecule has 2 aromatic carbocycles. The first-order chi connectivity index (χ1) is 16.9. The number of hydrogen-bond donors (Lipinski definition) is 1. The molecule has 0 aliphatic carbocycles. The van der Waals surface area contributed by atoms with Gasteiger partial charge in [-0.1, -0.05) is 31.2 Å². The standard InChI is InChI=1S/C27H37N3O4S/c1-2-28-17-5-6-24(28)21-29(20-23-7-12-25(31)13-8-23)27(32)16-11-22-9-14-26(15-10-22)35(33,34)30-18-3-4-19-30/h7-10,12-15,24,31H,2-6,11,16-21H2,1H3. The zero-order valence-electron chi connectivity index (χ0n) is 20.6. The topological polar surface area (TPSA) is 81.2 Å². The van der Waals surface area contributed by atoms with Crippen LogP contribution in [0.4, 0.5) is 0 Å². The van der Waals surface area contributed by atoms with Crippen molar-refractivity contribution in [3.05, 3.63) is 59.7 Å². The number of amides is 1. The van der Waals surface area contributed by atoms with Crippen molar-refractivity contribution in [2.24, 2.45) is 0 Å². The number of carbonyl (C=O) groups is 1. The highest BCUT2D eigenvalue weighted by molar-refractivity contribution is 7.89. The fourth-order valence-electron chi connectivity index (χ4n) is 5.16. The molecule has 2 heterocycles. The highest BCUT2D eigenvalue weighted by Gasteiger charge is 2.28. The molecule has 2 aliphatic heterocycles. The third kappa shape index (κ3) is 6.42. The minimum atomic E-state index is -3.42. The van der Waals surface area contributed by atoms with Gasteiger partial charge in [0.25, 0.3) is 0 Å². The monoisotopic (exact) mass is 499 g/mol. The van der Waals surface area contributed by atoms with Crippen LogP contribution < -0.4 is 0 Å². The number of likely N-dealkylation sites (tertiary alicyclic amines) is 1. The molecule has 2 aliphatic rings. The molecule has 2 saturated heterocycles. The van der Waals surface area contributed by atoms with Crippen LogP contribution in [0.3, 0.4) is 0 Å². The lowest BCUT2D eigenvalue weighted by atomic mass is 10.1. The Balaban J connectivity index is 1.40. The predicted octanol–water partition coefficient (Wildman–Crippen LogP) is 3.62. The number of rotatable bonds is 10. The van der Waals surface area contributed by atoms with Crippen molar-refractivity contribution in [3.8, 4) is 5.75 Å². The van der Waals surface area contributed by atoms with E-state index >= 15 is 0 Å². The molecule has 8 heteroatoms. The highest BCUT2D eigenvalue weighted by atomic mass is 32.2. The predicted molar refractivity (Wildman–Crippen MR) is 137 cm³/mol. The lowest BCUT2D eigenvalue weighted by molar-refractivity contribution is -0.132. The number of benzene rings is 2. The fourth-order valence-corrected chi connectivity index (χ4v) is 6.68. The minimum Gasteiger partial charge on any atom is -0.508 e. The molecular weight excluding hydrogens is 462 g/mol. The average molecular weight is 500 g/mol. The number of aryl methyl sites for hydroxylation is 1. The maximum atomic E-state index is 13.3. The number of hydrogen-bond acceptors (Lipinski definition) is 5. The van der Waals surface area contributed by atoms with E-state index in [1.54, 1.807) is 28.6 Å². The van der Waals surface area contributed by atoms with Gasteiger partial charge in [-0.25, -0.2) is 8.42 Å². The summed E-state index contributed by atoms with van der Waals surface area (Å²) in [6, 6.07) is 14.4. The van der Waals surface area contributed by atoms with E-state index in [1.807, 2.05) is 29.2 Å². The van der Waals surface area contributed by atoms with Crippen molar-refractivity contribution < 1.29 is 18.3 Å². The van der Waals surface area contributed by atoms with Crippen molar-refractivity contribution in [3.63, 3.8) is 0 Å². The van der Waals surface area contributed by atoms with Gasteiger partial charge < -0.3 is 10.0 Å². The van der Waals surface area contributed by atoms with Crippen LogP contribution in [0.5, 0.6) is 5.75 Å². The Kier molecular flexibility index (Phi) is 8.46. The molecule has 2 aromatic rings. The Hall–Kier alpha value is -2.42. The summed E-state index contributed by atoms with van der Waals surface area (Å²) < 4.78 is 27.1. The minimum absolute atomic E-state index is 0.0924. The Morgan fingerprint density at radius 2 is 1.63 bits per heavy atom. The van der Waals surface area contributed by atoms with Crippen LogP contribution in [0.1, 0.15) is 50.2 Å². The van der Waals surface area contributed by atoms with Crippen molar-refractivity contribution in [1.29, 1.82) is 0 Å². The van der Waals surface area contributed by atoms with Gasteiger partial charge in [-0.05, 0) is 80.6 Å². The van der Waals surface area contributed by atoms with Crippen molar-refractivity contribution in [2.75, 3.05) is 32.7 Å². The van der Waals surface area contributed by atoms with E-state index in [4.69, 9.17) is 0 Å². The largest absolute Gasteiger partial charge is 0.508 e. The van der Waals surface area contributed by atoms with Gasteiger partial charge in [0.05, 0.1) is 4.90 Å². The van der Waals surface area contributed by atoms with Gasteiger partial charge in [-0.2, -0.15) is 4.31 Å². The zero-order valence-corrected chi connectivity index (χ0v) is 21.4. The van der Waals surface area contributed by atoms with Crippen LogP contribution in [0.15, 0.2) is 53.4 Å². The molecular formula is C27H37N3O4S. The van der Waals surface area contributed by atoms with Crippen molar-refractivity contribution >= 4 is 15.9 Å². The number of phenolic OH excluding ortho intramolecular Hbond substituents is 1. The van der Waals surface area contributed by atoms with Crippen LogP contribution in [-0.4, -0.2) is 72.3 Å². The summed E-state index contributed by atoms with van der Waals surface area (Å²) in [4.78, 5) is 18.0. The van der Waals surface area contributed by atoms with Crippen LogP contribution in [-0.2, 0) is 27.8 Å². The molecule has 0 aromatic heterocycles. The Bertz CT molecular complexity index is 1080. The van der Waals surface area contributed by atoms with Gasteiger partial charge >= 0.3 is 0 Å². The summed E-state index contributed by atoms with van der Waals surface area (Å²) in [5, 5.41) is 9.61. The van der Waals surface area contributed by atoms with E-state index in [9.17, 15) is 18.3 Å². The second-order valence-electron chi connectivity index (χ2n) is 9.62. The molecule has 1 unspecified atom stereocenters. The van der Waals surface area contributed by atoms with Gasteiger partial charge in [0.15, 0.2) is 0 Å². The molecule has 1 atom stereocenters. The molecule has 0 radical (unpaired) electrons. The Labute approximate surface area is 209 Å². The highest BCUT2D eigenvalue weighted by Crippen LogP contribution is 2.23. The Morgan fingerprint density at radius 3 is 2.29 bits per heavy atom. The SMILES string of the molecule is CCN1CCCC1CN(Cc1ccc(O)cc1)C(=O)CCc1ccc(S(=O)(=O)N2CCCC2)cc1. The fraction of sp³-hybridized carbons (Fsp3) is 0.519. The summed E-state index contributed by atoms with van der Waals surface area (Å²) in [5.74, 6) is 0.310. The van der Waals surface area contributed by atoms with Gasteiger partial charge in [-0.15, -0.1) is 0 Å². The molecule has 190 valence electrons. The van der Waals surface area contributed by atoms with Crippen LogP contribution in [0.2, 0.25) is 0 Å². The molecule has 0 saturated carbocycles. The lowest BCUT2D eigenvalue weighted by Crippen LogP contribution is -2.42. The maximum Gasteiger partial charge on any atom is 0.243 e. The average Bonchev–Trinajstić information content (AvgIpc) is 3.56. The van der Waals surface area contributed by atoms with E-state index in [1.165, 1.54) is 0 Å². The third-order valence-corrected chi connectivity index (χ3v) is 9.17. The van der Waals surface area contributed by atoms with Crippen LogP contribution in [0, 0.1) is 0 Å². The number of nitrogens with zero attached hydrogens (tertiary/aromatic N) is 3. The van der Waals surface area contributed by atoms with Gasteiger partial charge in [0, 0.05) is 38.6 Å². The van der Waals surface area contributed by atoms with E-state index in [-0.39, 0.29) is 11.7 Å². The van der Waals surface area contributed by atoms with Crippen LogP contribution >= 0.6 is 0 Å². The van der Waals surface area contributed by atoms with E-state index < -0.39 is 10.0 Å². The van der Waals surface area contributed by atoms with E-state index in [0.717, 1.165) is 49.9 Å². The lowest BCUT2D eigenvalue weighted by Gasteiger charge is -2.30. The maximum absolute atomic E-state index is 13.3. The summed E-state index contributed by atoms with van der Waals surface area (Å²) >= 11 is 0. The first-order valence-electron chi connectivity index (χ1n) is 12.8. The molecule has 1 amide bonds. The zero-order chi connectivity index (χ0) is 24.8. The second-order valence-corrected chi connectivity index (χ2v) is 11.6. The summed E-state index contributed by atoms with van der Waals surface area (Å²) in [6.07, 6.45) is 5.02. The van der Waals surface area contributed by atoms with E-state index in [0.29, 0.717) is 50.0 Å². The van der Waals surface area contributed by atoms with Crippen LogP contribution in [0.25, 0.3) is 0 Å². The van der Waals surface area contributed by atoms with Gasteiger partial charge in [-0.3, -0.25) is 9.69 Å². The van der Waals surface area contributed by atoms with E-state index in [2.05, 4.69) is 11.8 Å². The number of aromatic hydroxyl groups is 1. The Morgan fingerprint density at radius 1 is 0.971 bits per heavy atom. The smallest absolute Gasteiger partial charge is 0.243 e. The number of sulfonamides is 1. The number of phenols is 1. The third-order valence-electron chi connectivity index (χ3n) is 7.25. The van der Waals surface area contributed by atoms with Gasteiger partial charge in [0.1, 0.15) is 5.75 Å². The first kappa shape index (κ1) is 25.7. The van der Waals surface area contributed by atoms with Crippen molar-refractivity contribution in [2.45, 2.75) is 62.9 Å². The molecule has 7 nitrogen and oxygen atoms in total. The summed E-state index contributed by atoms with van der Waals surface area (Å²) in [5.41, 5.74) is 1.95. The summed E-state index contributed by atoms with van der Waals surface area (Å²) in [7, 11) is -3.42. The molecule has 2 fully saturated rings. The quantitative estimate of drug-likeness (QED) is 0.540. The molecule has 0 spiro atoms. The molecule has 0 bridgehead atoms. The molecule has 4 rings (SSSR count). The summed E-state index contributed by atoms with van der Waals surface area (Å²) in [6.45, 7) is 6.62. The second kappa shape index (κ2) is 11.5. The number of likely N-dealkylation sites (N-methyl/N-ethyl adjacent to an activating group) is 1. The normalized spacial score (nSPS) is 19.3. The van der Waals surface area contributed by atoms with Crippen molar-refractivity contribution in [1.82, 2.24) is 14.1 Å². The van der Waals surface area contributed by atoms with Gasteiger partial charge in [0.2, 0.25) is 15.9 Å². The first-order valence-corrected chi connectivity index (χ1v) is 14.2.